The smallest absolute Gasteiger partial charge is 0.225 e. The summed E-state index contributed by atoms with van der Waals surface area (Å²) in [6, 6.07) is 0. The van der Waals surface area contributed by atoms with E-state index >= 15 is 4.39 Å². The van der Waals surface area contributed by atoms with E-state index in [1.54, 1.807) is 0 Å². The second-order valence-corrected chi connectivity index (χ2v) is 13.6. The highest BCUT2D eigenvalue weighted by molar-refractivity contribution is 6.68. The molecule has 1 atom stereocenters. The van der Waals surface area contributed by atoms with Gasteiger partial charge in [0.05, 0.1) is 0 Å². The first-order valence-electron chi connectivity index (χ1n) is 12.7. The van der Waals surface area contributed by atoms with Crippen LogP contribution >= 0.6 is 34.8 Å². The van der Waals surface area contributed by atoms with Crippen LogP contribution in [0.2, 0.25) is 0 Å². The van der Waals surface area contributed by atoms with Gasteiger partial charge in [-0.3, -0.25) is 0 Å². The van der Waals surface area contributed by atoms with Crippen molar-refractivity contribution in [2.24, 2.45) is 0 Å². The topological polar surface area (TPSA) is 0 Å². The average molecular weight is 1090 g/mol. The van der Waals surface area contributed by atoms with E-state index in [9.17, 15) is 167 Å². The van der Waals surface area contributed by atoms with E-state index in [-0.39, 0.29) is 0 Å². The quantitative estimate of drug-likeness (QED) is 0.107. The normalized spacial score (nSPS) is 18.3. The van der Waals surface area contributed by atoms with Crippen LogP contribution < -0.4 is 0 Å². The number of hydrogen-bond acceptors (Lipinski definition) is 0. The predicted molar refractivity (Wildman–Crippen MR) is 115 cm³/mol. The van der Waals surface area contributed by atoms with Crippen LogP contribution in [0, 0.1) is 0 Å². The summed E-state index contributed by atoms with van der Waals surface area (Å²) in [5.41, 5.74) is -9.80. The monoisotopic (exact) mass is 1090 g/mol. The van der Waals surface area contributed by atoms with Gasteiger partial charge in [0.2, 0.25) is 3.79 Å². The Hall–Kier alpha value is -1.86. The third-order valence-corrected chi connectivity index (χ3v) is 8.27. The highest BCUT2D eigenvalue weighted by Crippen LogP contribution is 2.73. The van der Waals surface area contributed by atoms with Gasteiger partial charge < -0.3 is 0 Å². The van der Waals surface area contributed by atoms with Crippen LogP contribution in [0.25, 0.3) is 0 Å². The molecule has 0 rings (SSSR count). The van der Waals surface area contributed by atoms with Crippen LogP contribution in [0.1, 0.15) is 0 Å². The number of halogens is 42. The van der Waals surface area contributed by atoms with Gasteiger partial charge in [0.1, 0.15) is 0 Å². The fourth-order valence-electron chi connectivity index (χ4n) is 3.71. The third-order valence-electron chi connectivity index (χ3n) is 7.49. The van der Waals surface area contributed by atoms with Gasteiger partial charge in [-0.2, -0.15) is 167 Å². The Kier molecular flexibility index (Phi) is 13.9. The van der Waals surface area contributed by atoms with Gasteiger partial charge in [-0.05, 0) is 0 Å². The fourth-order valence-corrected chi connectivity index (χ4v) is 4.42. The maximum Gasteiger partial charge on any atom is 0.460 e. The number of rotatable bonds is 16. The molecular formula is C20Cl3F39. The highest BCUT2D eigenvalue weighted by Gasteiger charge is 3.04. The number of hydrogen-bond donors (Lipinski definition) is 0. The van der Waals surface area contributed by atoms with Gasteiger partial charge in [-0.1, -0.05) is 34.8 Å². The van der Waals surface area contributed by atoms with Gasteiger partial charge in [-0.25, -0.2) is 4.39 Å². The zero-order chi connectivity index (χ0) is 52.0. The van der Waals surface area contributed by atoms with Crippen LogP contribution in [0.5, 0.6) is 0 Å². The first kappa shape index (κ1) is 60.1. The standard InChI is InChI=1S/C20Cl3F39/c21-18(22,23)1(24,3(27,28)5(31,32)7(35,36)9(39,40)12(45,46)14(49,50)16(53,54)19(57,58)59)2(25,26)4(29,30)6(33,34)8(37,38)10(41,42)11(43,44)13(47,48)15(51,52)17(55,56)20(60,61)62. The molecule has 374 valence electrons. The molecule has 62 heavy (non-hydrogen) atoms. The van der Waals surface area contributed by atoms with E-state index in [2.05, 4.69) is 34.8 Å². The van der Waals surface area contributed by atoms with Crippen molar-refractivity contribution in [3.8, 4) is 0 Å². The Bertz CT molecular complexity index is 1640. The van der Waals surface area contributed by atoms with Gasteiger partial charge in [0, 0.05) is 0 Å². The largest absolute Gasteiger partial charge is 0.460 e. The molecule has 0 radical (unpaired) electrons. The van der Waals surface area contributed by atoms with E-state index in [0.29, 0.717) is 0 Å². The molecule has 0 saturated heterocycles. The maximum absolute atomic E-state index is 15.3. The molecule has 0 nitrogen and oxygen atoms in total. The summed E-state index contributed by atoms with van der Waals surface area (Å²) in [6.45, 7) is 0. The molecule has 0 aromatic heterocycles. The van der Waals surface area contributed by atoms with Crippen LogP contribution in [0.3, 0.4) is 0 Å². The van der Waals surface area contributed by atoms with Crippen molar-refractivity contribution in [1.29, 1.82) is 0 Å². The molecule has 0 aliphatic carbocycles. The molecule has 0 spiro atoms. The van der Waals surface area contributed by atoms with Crippen LogP contribution in [0.15, 0.2) is 0 Å². The van der Waals surface area contributed by atoms with E-state index in [4.69, 9.17) is 0 Å². The van der Waals surface area contributed by atoms with Crippen molar-refractivity contribution in [1.82, 2.24) is 0 Å². The molecule has 0 N–H and O–H groups in total. The van der Waals surface area contributed by atoms with Crippen molar-refractivity contribution in [2.75, 3.05) is 0 Å². The van der Waals surface area contributed by atoms with Gasteiger partial charge in [0.15, 0.2) is 0 Å². The first-order valence-corrected chi connectivity index (χ1v) is 13.8. The molecule has 0 aromatic carbocycles. The Morgan fingerprint density at radius 1 is 0.145 bits per heavy atom. The highest BCUT2D eigenvalue weighted by atomic mass is 35.6. The van der Waals surface area contributed by atoms with Gasteiger partial charge in [0.25, 0.3) is 5.67 Å². The minimum atomic E-state index is -10.5. The Balaban J connectivity index is 8.40. The molecule has 1 unspecified atom stereocenters. The predicted octanol–water partition coefficient (Wildman–Crippen LogP) is 14.4. The summed E-state index contributed by atoms with van der Waals surface area (Å²) >= 11 is 11.2. The molecule has 0 aliphatic rings. The zero-order valence-electron chi connectivity index (χ0n) is 25.9. The third kappa shape index (κ3) is 6.64. The lowest BCUT2D eigenvalue weighted by atomic mass is 9.77. The SMILES string of the molecule is FC(F)(F)C(F)(F)C(F)(F)C(F)(F)C(F)(F)C(F)(F)C(F)(F)C(F)(F)C(F)(F)C(F)(F)C(F)(C(Cl)(Cl)Cl)C(F)(F)C(F)(F)C(F)(F)C(F)(F)C(F)(F)C(F)(F)C(F)(F)C(F)(F)F. The molecular weight excluding hydrogens is 1090 g/mol. The van der Waals surface area contributed by atoms with Crippen molar-refractivity contribution in [3.05, 3.63) is 0 Å². The summed E-state index contributed by atoms with van der Waals surface area (Å²) in [6.07, 6.45) is -17.0. The lowest BCUT2D eigenvalue weighted by Gasteiger charge is -2.51. The minimum absolute atomic E-state index is 3.73. The van der Waals surface area contributed by atoms with Gasteiger partial charge in [-0.15, -0.1) is 0 Å². The van der Waals surface area contributed by atoms with Crippen molar-refractivity contribution < 1.29 is 171 Å². The summed E-state index contributed by atoms with van der Waals surface area (Å²) in [5.74, 6) is -160. The fraction of sp³-hybridized carbons (Fsp3) is 1.00. The molecule has 0 amide bonds. The Morgan fingerprint density at radius 3 is 0.339 bits per heavy atom. The van der Waals surface area contributed by atoms with E-state index in [0.717, 1.165) is 0 Å². The van der Waals surface area contributed by atoms with Crippen molar-refractivity contribution >= 4 is 34.8 Å². The second kappa shape index (κ2) is 14.3. The zero-order valence-corrected chi connectivity index (χ0v) is 28.1. The van der Waals surface area contributed by atoms with Crippen molar-refractivity contribution in [3.63, 3.8) is 0 Å². The molecule has 0 fully saturated rings. The molecule has 42 heteroatoms. The molecule has 0 bridgehead atoms. The molecule has 0 heterocycles. The minimum Gasteiger partial charge on any atom is -0.225 e. The van der Waals surface area contributed by atoms with Crippen molar-refractivity contribution in [2.45, 2.75) is 117 Å². The second-order valence-electron chi connectivity index (χ2n) is 11.3. The van der Waals surface area contributed by atoms with Crippen LogP contribution in [0.4, 0.5) is 171 Å². The summed E-state index contributed by atoms with van der Waals surface area (Å²) in [5, 5.41) is 0. The maximum atomic E-state index is 15.3. The van der Waals surface area contributed by atoms with E-state index in [1.165, 1.54) is 0 Å². The lowest BCUT2D eigenvalue weighted by Crippen LogP contribution is -2.83. The lowest BCUT2D eigenvalue weighted by molar-refractivity contribution is -0.486. The first-order chi connectivity index (χ1) is 25.8. The number of alkyl halides is 42. The molecule has 0 saturated carbocycles. The molecule has 0 aromatic rings. The van der Waals surface area contributed by atoms with Gasteiger partial charge >= 0.3 is 107 Å². The summed E-state index contributed by atoms with van der Waals surface area (Å²) in [4.78, 5) is 0. The van der Waals surface area contributed by atoms with Crippen LogP contribution in [-0.4, -0.2) is 117 Å². The molecule has 0 aliphatic heterocycles. The van der Waals surface area contributed by atoms with Crippen LogP contribution in [-0.2, 0) is 0 Å². The van der Waals surface area contributed by atoms with E-state index in [1.807, 2.05) is 0 Å². The summed E-state index contributed by atoms with van der Waals surface area (Å²) in [7, 11) is 0. The Morgan fingerprint density at radius 2 is 0.242 bits per heavy atom. The Labute approximate surface area is 323 Å². The van der Waals surface area contributed by atoms with E-state index < -0.39 is 117 Å². The average Bonchev–Trinajstić information content (AvgIpc) is 3.00. The summed E-state index contributed by atoms with van der Waals surface area (Å²) < 4.78 is 525.